The van der Waals surface area contributed by atoms with E-state index in [9.17, 15) is 4.21 Å². The lowest BCUT2D eigenvalue weighted by Crippen LogP contribution is -2.55. The lowest BCUT2D eigenvalue weighted by atomic mass is 9.73. The molecule has 5 heterocycles. The summed E-state index contributed by atoms with van der Waals surface area (Å²) < 4.78 is 23.0. The zero-order chi connectivity index (χ0) is 29.6. The highest BCUT2D eigenvalue weighted by molar-refractivity contribution is 7.92. The third kappa shape index (κ3) is 6.32. The molecule has 2 atom stereocenters. The van der Waals surface area contributed by atoms with Gasteiger partial charge in [0, 0.05) is 51.0 Å². The first-order valence-electron chi connectivity index (χ1n) is 14.4. The van der Waals surface area contributed by atoms with E-state index in [-0.39, 0.29) is 17.1 Å². The molecule has 2 fully saturated rings. The third-order valence-electron chi connectivity index (χ3n) is 8.42. The number of hydrogen-bond donors (Lipinski definition) is 1. The van der Waals surface area contributed by atoms with Gasteiger partial charge in [0.15, 0.2) is 0 Å². The Hall–Kier alpha value is -2.89. The van der Waals surface area contributed by atoms with Crippen LogP contribution in [-0.2, 0) is 19.9 Å². The number of piperidine rings is 1. The normalized spacial score (nSPS) is 25.6. The van der Waals surface area contributed by atoms with Crippen LogP contribution in [0.15, 0.2) is 45.8 Å². The number of likely N-dealkylation sites (tertiary alicyclic amines) is 1. The van der Waals surface area contributed by atoms with E-state index < -0.39 is 9.73 Å². The molecule has 3 aliphatic heterocycles. The van der Waals surface area contributed by atoms with Crippen molar-refractivity contribution in [3.63, 3.8) is 0 Å². The Morgan fingerprint density at radius 3 is 2.54 bits per heavy atom. The lowest BCUT2D eigenvalue weighted by Gasteiger charge is -2.46. The van der Waals surface area contributed by atoms with E-state index in [0.29, 0.717) is 24.3 Å². The second-order valence-corrected chi connectivity index (χ2v) is 15.3. The van der Waals surface area contributed by atoms with E-state index in [4.69, 9.17) is 24.7 Å². The molecule has 0 aliphatic carbocycles. The van der Waals surface area contributed by atoms with Gasteiger partial charge in [-0.3, -0.25) is 4.98 Å². The molecule has 2 saturated heterocycles. The molecule has 2 aromatic rings. The van der Waals surface area contributed by atoms with Crippen molar-refractivity contribution in [2.75, 3.05) is 49.5 Å². The molecule has 11 heteroatoms. The molecule has 0 spiro atoms. The molecule has 1 unspecified atom stereocenters. The molecule has 0 amide bonds. The second-order valence-electron chi connectivity index (χ2n) is 12.7. The molecular formula is C30H44N8O2S. The summed E-state index contributed by atoms with van der Waals surface area (Å²) in [4.78, 5) is 23.9. The van der Waals surface area contributed by atoms with Crippen LogP contribution in [0.2, 0.25) is 0 Å². The van der Waals surface area contributed by atoms with Crippen LogP contribution in [0.3, 0.4) is 0 Å². The third-order valence-corrected chi connectivity index (χ3v) is 9.12. The molecule has 0 bridgehead atoms. The summed E-state index contributed by atoms with van der Waals surface area (Å²) in [6, 6.07) is 4.23. The van der Waals surface area contributed by atoms with E-state index in [1.165, 1.54) is 0 Å². The average molecular weight is 581 g/mol. The van der Waals surface area contributed by atoms with Crippen LogP contribution in [0.4, 0.5) is 17.5 Å². The summed E-state index contributed by atoms with van der Waals surface area (Å²) in [6.45, 7) is 13.0. The maximum Gasteiger partial charge on any atom is 0.229 e. The standard InChI is InChI=1S/C30H44N8O2S/c1-9-26(33-20(2)36-41(7,8)39)38-25-16-29(3,4)40-19-30(25,5)23-18-32-28(35-27(23)38)34-22-10-11-24(31-17-22)21-12-14-37(6)15-13-21/h9-11,17-18,21,25H,12-16,19H2,1-8H3,(H,32,34,35)/b26-9+,33-20?/t25?,30-/m0/s1. The van der Waals surface area contributed by atoms with Gasteiger partial charge in [0.1, 0.15) is 17.5 Å². The Kier molecular flexibility index (Phi) is 7.99. The Bertz CT molecular complexity index is 1460. The Balaban J connectivity index is 1.48. The fourth-order valence-electron chi connectivity index (χ4n) is 6.18. The SMILES string of the molecule is C/C=C(\N=C(C)N=S(C)(C)=O)N1c2nc(Nc3ccc(C4CCN(C)CC4)nc3)ncc2[C@]2(C)COC(C)(C)CC12. The van der Waals surface area contributed by atoms with Crippen molar-refractivity contribution in [1.29, 1.82) is 0 Å². The molecule has 0 saturated carbocycles. The summed E-state index contributed by atoms with van der Waals surface area (Å²) in [6.07, 6.45) is 12.0. The number of nitrogens with zero attached hydrogens (tertiary/aromatic N) is 7. The number of aromatic nitrogens is 3. The van der Waals surface area contributed by atoms with Gasteiger partial charge in [-0.25, -0.2) is 14.2 Å². The minimum atomic E-state index is -2.33. The summed E-state index contributed by atoms with van der Waals surface area (Å²) >= 11 is 0. The highest BCUT2D eigenvalue weighted by Gasteiger charge is 2.55. The average Bonchev–Trinajstić information content (AvgIpc) is 3.14. The number of pyridine rings is 1. The van der Waals surface area contributed by atoms with E-state index in [0.717, 1.165) is 60.9 Å². The smallest absolute Gasteiger partial charge is 0.229 e. The summed E-state index contributed by atoms with van der Waals surface area (Å²) in [5, 5.41) is 3.37. The highest BCUT2D eigenvalue weighted by Crippen LogP contribution is 2.52. The zero-order valence-corrected chi connectivity index (χ0v) is 26.5. The molecule has 2 aromatic heterocycles. The van der Waals surface area contributed by atoms with E-state index in [2.05, 4.69) is 59.4 Å². The first kappa shape index (κ1) is 29.6. The molecule has 0 radical (unpaired) electrons. The topological polar surface area (TPSA) is 108 Å². The minimum Gasteiger partial charge on any atom is -0.374 e. The Morgan fingerprint density at radius 2 is 1.90 bits per heavy atom. The molecule has 0 aromatic carbocycles. The molecule has 5 rings (SSSR count). The summed E-state index contributed by atoms with van der Waals surface area (Å²) in [5.41, 5.74) is 2.39. The van der Waals surface area contributed by atoms with Gasteiger partial charge in [0.25, 0.3) is 0 Å². The number of anilines is 3. The van der Waals surface area contributed by atoms with E-state index in [1.807, 2.05) is 25.4 Å². The van der Waals surface area contributed by atoms with Gasteiger partial charge >= 0.3 is 0 Å². The van der Waals surface area contributed by atoms with Crippen molar-refractivity contribution in [1.82, 2.24) is 19.9 Å². The highest BCUT2D eigenvalue weighted by atomic mass is 32.2. The maximum atomic E-state index is 12.4. The molecule has 1 N–H and O–H groups in total. The zero-order valence-electron chi connectivity index (χ0n) is 25.6. The summed E-state index contributed by atoms with van der Waals surface area (Å²) in [7, 11) is -0.160. The monoisotopic (exact) mass is 580 g/mol. The van der Waals surface area contributed by atoms with Gasteiger partial charge < -0.3 is 19.9 Å². The van der Waals surface area contributed by atoms with Crippen molar-refractivity contribution >= 4 is 33.0 Å². The van der Waals surface area contributed by atoms with Crippen LogP contribution in [0.5, 0.6) is 0 Å². The van der Waals surface area contributed by atoms with Crippen molar-refractivity contribution in [3.05, 3.63) is 47.7 Å². The number of ether oxygens (including phenoxy) is 1. The molecule has 222 valence electrons. The molecule has 3 aliphatic rings. The summed E-state index contributed by atoms with van der Waals surface area (Å²) in [5.74, 6) is 2.99. The van der Waals surface area contributed by atoms with E-state index in [1.54, 1.807) is 19.4 Å². The number of aliphatic imine (C=N–C) groups is 1. The number of allylic oxidation sites excluding steroid dienone is 1. The van der Waals surface area contributed by atoms with Crippen molar-refractivity contribution in [2.24, 2.45) is 9.36 Å². The van der Waals surface area contributed by atoms with Crippen LogP contribution in [-0.4, -0.2) is 80.8 Å². The lowest BCUT2D eigenvalue weighted by molar-refractivity contribution is -0.0897. The van der Waals surface area contributed by atoms with Gasteiger partial charge in [0.05, 0.1) is 30.1 Å². The van der Waals surface area contributed by atoms with E-state index >= 15 is 0 Å². The van der Waals surface area contributed by atoms with Gasteiger partial charge in [-0.15, -0.1) is 0 Å². The van der Waals surface area contributed by atoms with Crippen molar-refractivity contribution in [3.8, 4) is 0 Å². The first-order valence-corrected chi connectivity index (χ1v) is 16.7. The van der Waals surface area contributed by atoms with Crippen molar-refractivity contribution < 1.29 is 8.95 Å². The molecular weight excluding hydrogens is 536 g/mol. The Morgan fingerprint density at radius 1 is 1.17 bits per heavy atom. The van der Waals surface area contributed by atoms with Crippen LogP contribution < -0.4 is 10.2 Å². The van der Waals surface area contributed by atoms with Crippen LogP contribution >= 0.6 is 0 Å². The van der Waals surface area contributed by atoms with Crippen LogP contribution in [0, 0.1) is 0 Å². The number of amidine groups is 1. The number of rotatable bonds is 5. The largest absolute Gasteiger partial charge is 0.374 e. The fourth-order valence-corrected chi connectivity index (χ4v) is 6.85. The van der Waals surface area contributed by atoms with Gasteiger partial charge in [-0.1, -0.05) is 6.92 Å². The Labute approximate surface area is 244 Å². The first-order chi connectivity index (χ1) is 19.3. The van der Waals surface area contributed by atoms with Crippen LogP contribution in [0.25, 0.3) is 0 Å². The predicted molar refractivity (Wildman–Crippen MR) is 167 cm³/mol. The van der Waals surface area contributed by atoms with Gasteiger partial charge in [0.2, 0.25) is 5.95 Å². The number of fused-ring (bicyclic) bond motifs is 3. The van der Waals surface area contributed by atoms with Gasteiger partial charge in [-0.2, -0.15) is 9.35 Å². The molecule has 10 nitrogen and oxygen atoms in total. The quantitative estimate of drug-likeness (QED) is 0.386. The van der Waals surface area contributed by atoms with Crippen molar-refractivity contribution in [2.45, 2.75) is 76.9 Å². The number of nitrogens with one attached hydrogen (secondary N) is 1. The fraction of sp³-hybridized carbons (Fsp3) is 0.600. The number of hydrogen-bond acceptors (Lipinski definition) is 9. The second kappa shape index (κ2) is 11.1. The predicted octanol–water partition coefficient (Wildman–Crippen LogP) is 5.08. The molecule has 41 heavy (non-hydrogen) atoms. The minimum absolute atomic E-state index is 0.0525. The maximum absolute atomic E-state index is 12.4. The van der Waals surface area contributed by atoms with Gasteiger partial charge in [-0.05, 0) is 85.3 Å². The van der Waals surface area contributed by atoms with Crippen LogP contribution in [0.1, 0.15) is 71.1 Å².